The van der Waals surface area contributed by atoms with Crippen LogP contribution < -0.4 is 5.32 Å². The molecule has 0 unspecified atom stereocenters. The van der Waals surface area contributed by atoms with E-state index < -0.39 is 15.9 Å². The van der Waals surface area contributed by atoms with Gasteiger partial charge >= 0.3 is 0 Å². The second-order valence-corrected chi connectivity index (χ2v) is 8.54. The molecule has 1 aliphatic rings. The standard InChI is InChI=1S/C17H17N3O3S2/c18-11-13-3-5-14(6-4-13)12-19-17(21)16-15(7-10-24-16)25(22,23)20-8-1-2-9-20/h3-7,10H,1-2,8-9,12H2,(H,19,21). The minimum atomic E-state index is -3.62. The quantitative estimate of drug-likeness (QED) is 0.868. The largest absolute Gasteiger partial charge is 0.347 e. The molecule has 0 aliphatic carbocycles. The van der Waals surface area contributed by atoms with Gasteiger partial charge in [-0.15, -0.1) is 11.3 Å². The summed E-state index contributed by atoms with van der Waals surface area (Å²) in [6, 6.07) is 10.4. The van der Waals surface area contributed by atoms with Crippen molar-refractivity contribution in [3.8, 4) is 6.07 Å². The highest BCUT2D eigenvalue weighted by molar-refractivity contribution is 7.89. The fourth-order valence-corrected chi connectivity index (χ4v) is 5.53. The summed E-state index contributed by atoms with van der Waals surface area (Å²) in [5.74, 6) is -0.405. The highest BCUT2D eigenvalue weighted by atomic mass is 32.2. The predicted octanol–water partition coefficient (Wildman–Crippen LogP) is 2.33. The van der Waals surface area contributed by atoms with Gasteiger partial charge in [-0.3, -0.25) is 4.79 Å². The number of benzene rings is 1. The summed E-state index contributed by atoms with van der Waals surface area (Å²) in [7, 11) is -3.62. The van der Waals surface area contributed by atoms with Crippen molar-refractivity contribution in [3.05, 3.63) is 51.7 Å². The van der Waals surface area contributed by atoms with Gasteiger partial charge in [0, 0.05) is 19.6 Å². The summed E-state index contributed by atoms with van der Waals surface area (Å²) in [5.41, 5.74) is 1.39. The summed E-state index contributed by atoms with van der Waals surface area (Å²) >= 11 is 1.12. The average molecular weight is 375 g/mol. The first-order valence-corrected chi connectivity index (χ1v) is 10.2. The molecule has 0 saturated carbocycles. The van der Waals surface area contributed by atoms with E-state index in [1.165, 1.54) is 10.4 Å². The number of hydrogen-bond acceptors (Lipinski definition) is 5. The molecular weight excluding hydrogens is 358 g/mol. The number of hydrogen-bond donors (Lipinski definition) is 1. The second kappa shape index (κ2) is 7.35. The molecule has 1 aromatic heterocycles. The van der Waals surface area contributed by atoms with E-state index in [1.807, 2.05) is 6.07 Å². The first-order valence-electron chi connectivity index (χ1n) is 7.87. The number of nitrogens with zero attached hydrogens (tertiary/aromatic N) is 2. The molecular formula is C17H17N3O3S2. The van der Waals surface area contributed by atoms with Crippen molar-refractivity contribution < 1.29 is 13.2 Å². The first-order chi connectivity index (χ1) is 12.0. The molecule has 3 rings (SSSR count). The van der Waals surface area contributed by atoms with Crippen LogP contribution in [0.5, 0.6) is 0 Å². The molecule has 1 aliphatic heterocycles. The molecule has 2 aromatic rings. The Morgan fingerprint density at radius 1 is 1.20 bits per heavy atom. The smallest absolute Gasteiger partial charge is 0.263 e. The Hall–Kier alpha value is -2.21. The Morgan fingerprint density at radius 2 is 1.88 bits per heavy atom. The molecule has 1 aromatic carbocycles. The molecule has 0 radical (unpaired) electrons. The predicted molar refractivity (Wildman–Crippen MR) is 94.6 cm³/mol. The SMILES string of the molecule is N#Cc1ccc(CNC(=O)c2sccc2S(=O)(=O)N2CCCC2)cc1. The van der Waals surface area contributed by atoms with Gasteiger partial charge in [0.15, 0.2) is 0 Å². The van der Waals surface area contributed by atoms with E-state index in [2.05, 4.69) is 5.32 Å². The lowest BCUT2D eigenvalue weighted by molar-refractivity contribution is 0.0952. The molecule has 25 heavy (non-hydrogen) atoms. The van der Waals surface area contributed by atoms with Gasteiger partial charge in [0.1, 0.15) is 9.77 Å². The van der Waals surface area contributed by atoms with Crippen LogP contribution in [-0.4, -0.2) is 31.7 Å². The average Bonchev–Trinajstić information content (AvgIpc) is 3.31. The third kappa shape index (κ3) is 3.74. The van der Waals surface area contributed by atoms with Gasteiger partial charge < -0.3 is 5.32 Å². The molecule has 130 valence electrons. The zero-order valence-corrected chi connectivity index (χ0v) is 15.1. The van der Waals surface area contributed by atoms with Crippen molar-refractivity contribution in [1.29, 1.82) is 5.26 Å². The van der Waals surface area contributed by atoms with Crippen molar-refractivity contribution in [3.63, 3.8) is 0 Å². The van der Waals surface area contributed by atoms with Gasteiger partial charge in [-0.25, -0.2) is 8.42 Å². The summed E-state index contributed by atoms with van der Waals surface area (Å²) in [5, 5.41) is 13.2. The number of nitrogens with one attached hydrogen (secondary N) is 1. The molecule has 1 N–H and O–H groups in total. The Labute approximate surface area is 150 Å². The third-order valence-electron chi connectivity index (χ3n) is 4.05. The number of thiophene rings is 1. The highest BCUT2D eigenvalue weighted by Gasteiger charge is 2.31. The Morgan fingerprint density at radius 3 is 2.52 bits per heavy atom. The number of nitriles is 1. The second-order valence-electron chi connectivity index (χ2n) is 5.72. The maximum atomic E-state index is 12.7. The maximum Gasteiger partial charge on any atom is 0.263 e. The number of rotatable bonds is 5. The van der Waals surface area contributed by atoms with E-state index in [1.54, 1.807) is 29.6 Å². The van der Waals surface area contributed by atoms with Gasteiger partial charge in [0.25, 0.3) is 5.91 Å². The number of carbonyl (C=O) groups is 1. The lowest BCUT2D eigenvalue weighted by atomic mass is 10.1. The molecule has 1 amide bonds. The van der Waals surface area contributed by atoms with Gasteiger partial charge in [0.05, 0.1) is 11.6 Å². The number of sulfonamides is 1. The fraction of sp³-hybridized carbons (Fsp3) is 0.294. The summed E-state index contributed by atoms with van der Waals surface area (Å²) in [4.78, 5) is 12.7. The van der Waals surface area contributed by atoms with Crippen LogP contribution in [0.4, 0.5) is 0 Å². The van der Waals surface area contributed by atoms with E-state index in [9.17, 15) is 13.2 Å². The molecule has 8 heteroatoms. The first kappa shape index (κ1) is 17.6. The fourth-order valence-electron chi connectivity index (χ4n) is 2.69. The van der Waals surface area contributed by atoms with Crippen molar-refractivity contribution in [2.45, 2.75) is 24.3 Å². The lowest BCUT2D eigenvalue weighted by Crippen LogP contribution is -2.30. The molecule has 6 nitrogen and oxygen atoms in total. The summed E-state index contributed by atoms with van der Waals surface area (Å²) in [6.07, 6.45) is 1.70. The van der Waals surface area contributed by atoms with Crippen LogP contribution >= 0.6 is 11.3 Å². The normalized spacial score (nSPS) is 15.0. The van der Waals surface area contributed by atoms with Crippen LogP contribution in [0.1, 0.15) is 33.6 Å². The van der Waals surface area contributed by atoms with Crippen LogP contribution in [-0.2, 0) is 16.6 Å². The zero-order valence-electron chi connectivity index (χ0n) is 13.4. The highest BCUT2D eigenvalue weighted by Crippen LogP contribution is 2.27. The van der Waals surface area contributed by atoms with Crippen LogP contribution in [0, 0.1) is 11.3 Å². The van der Waals surface area contributed by atoms with Crippen LogP contribution in [0.2, 0.25) is 0 Å². The van der Waals surface area contributed by atoms with Crippen molar-refractivity contribution in [1.82, 2.24) is 9.62 Å². The van der Waals surface area contributed by atoms with E-state index in [0.717, 1.165) is 29.7 Å². The number of carbonyl (C=O) groups excluding carboxylic acids is 1. The van der Waals surface area contributed by atoms with Crippen LogP contribution in [0.3, 0.4) is 0 Å². The Balaban J connectivity index is 1.73. The van der Waals surface area contributed by atoms with Crippen LogP contribution in [0.25, 0.3) is 0 Å². The Bertz CT molecular complexity index is 905. The van der Waals surface area contributed by atoms with Gasteiger partial charge in [0.2, 0.25) is 10.0 Å². The lowest BCUT2D eigenvalue weighted by Gasteiger charge is -2.15. The molecule has 2 heterocycles. The molecule has 0 spiro atoms. The molecule has 1 fully saturated rings. The van der Waals surface area contributed by atoms with Crippen molar-refractivity contribution in [2.24, 2.45) is 0 Å². The van der Waals surface area contributed by atoms with Gasteiger partial charge in [-0.05, 0) is 42.0 Å². The van der Waals surface area contributed by atoms with Gasteiger partial charge in [-0.2, -0.15) is 9.57 Å². The molecule has 1 saturated heterocycles. The third-order valence-corrected chi connectivity index (χ3v) is 7.04. The zero-order chi connectivity index (χ0) is 17.9. The van der Waals surface area contributed by atoms with E-state index >= 15 is 0 Å². The molecule has 0 atom stereocenters. The Kier molecular flexibility index (Phi) is 5.18. The topological polar surface area (TPSA) is 90.3 Å². The number of amides is 1. The van der Waals surface area contributed by atoms with E-state index in [-0.39, 0.29) is 16.3 Å². The van der Waals surface area contributed by atoms with Crippen LogP contribution in [0.15, 0.2) is 40.6 Å². The van der Waals surface area contributed by atoms with Gasteiger partial charge in [-0.1, -0.05) is 12.1 Å². The van der Waals surface area contributed by atoms with Crippen molar-refractivity contribution >= 4 is 27.3 Å². The summed E-state index contributed by atoms with van der Waals surface area (Å²) < 4.78 is 26.8. The minimum Gasteiger partial charge on any atom is -0.347 e. The summed E-state index contributed by atoms with van der Waals surface area (Å²) in [6.45, 7) is 1.28. The maximum absolute atomic E-state index is 12.7. The van der Waals surface area contributed by atoms with E-state index in [4.69, 9.17) is 5.26 Å². The van der Waals surface area contributed by atoms with E-state index in [0.29, 0.717) is 18.7 Å². The molecule has 0 bridgehead atoms. The van der Waals surface area contributed by atoms with Crippen molar-refractivity contribution in [2.75, 3.05) is 13.1 Å². The minimum absolute atomic E-state index is 0.0803. The monoisotopic (exact) mass is 375 g/mol.